The zero-order chi connectivity index (χ0) is 21.6. The molecule has 2 N–H and O–H groups in total. The second-order valence-corrected chi connectivity index (χ2v) is 8.75. The molecule has 1 aromatic carbocycles. The molecule has 1 aromatic heterocycles. The van der Waals surface area contributed by atoms with Gasteiger partial charge < -0.3 is 15.4 Å². The number of urea groups is 1. The number of ether oxygens (including phenoxy) is 1. The maximum absolute atomic E-state index is 12.7. The second kappa shape index (κ2) is 9.85. The summed E-state index contributed by atoms with van der Waals surface area (Å²) in [6, 6.07) is 4.37. The van der Waals surface area contributed by atoms with Gasteiger partial charge in [-0.1, -0.05) is 5.21 Å². The summed E-state index contributed by atoms with van der Waals surface area (Å²) in [6.45, 7) is 3.95. The zero-order valence-electron chi connectivity index (χ0n) is 16.8. The predicted octanol–water partition coefficient (Wildman–Crippen LogP) is 0.468. The van der Waals surface area contributed by atoms with Crippen molar-refractivity contribution in [3.63, 3.8) is 0 Å². The summed E-state index contributed by atoms with van der Waals surface area (Å²) in [5, 5.41) is 13.3. The highest BCUT2D eigenvalue weighted by Gasteiger charge is 2.27. The van der Waals surface area contributed by atoms with E-state index in [9.17, 15) is 18.0 Å². The average Bonchev–Trinajstić information content (AvgIpc) is 3.38. The lowest BCUT2D eigenvalue weighted by atomic mass is 10.3. The van der Waals surface area contributed by atoms with E-state index in [1.54, 1.807) is 23.7 Å². The molecule has 0 unspecified atom stereocenters. The topological polar surface area (TPSA) is 136 Å². The first-order chi connectivity index (χ1) is 14.4. The number of rotatable bonds is 9. The number of nitrogens with zero attached hydrogens (tertiary/aromatic N) is 4. The van der Waals surface area contributed by atoms with E-state index in [4.69, 9.17) is 4.74 Å². The second-order valence-electron chi connectivity index (χ2n) is 6.81. The lowest BCUT2D eigenvalue weighted by molar-refractivity contribution is -0.142. The smallest absolute Gasteiger partial charge is 0.314 e. The standard InChI is InChI=1S/C18H26N6O5S/c1-2-29-17(25)7-8-19-18(26)20-9-12-24-16-6-5-14(13-15(16)21-22-24)30(27,28)23-10-3-4-11-23/h5-6,13H,2-4,7-12H2,1H3,(H2,19,20,26). The van der Waals surface area contributed by atoms with Crippen LogP contribution >= 0.6 is 0 Å². The van der Waals surface area contributed by atoms with Crippen LogP contribution in [0.15, 0.2) is 23.1 Å². The first kappa shape index (κ1) is 22.0. The van der Waals surface area contributed by atoms with Gasteiger partial charge in [0.2, 0.25) is 10.0 Å². The maximum Gasteiger partial charge on any atom is 0.314 e. The Hall–Kier alpha value is -2.73. The number of fused-ring (bicyclic) bond motifs is 1. The summed E-state index contributed by atoms with van der Waals surface area (Å²) >= 11 is 0. The van der Waals surface area contributed by atoms with Crippen LogP contribution in [0, 0.1) is 0 Å². The van der Waals surface area contributed by atoms with Crippen molar-refractivity contribution in [3.05, 3.63) is 18.2 Å². The van der Waals surface area contributed by atoms with Gasteiger partial charge in [-0.2, -0.15) is 4.31 Å². The molecule has 0 saturated carbocycles. The largest absolute Gasteiger partial charge is 0.466 e. The highest BCUT2D eigenvalue weighted by Crippen LogP contribution is 2.23. The van der Waals surface area contributed by atoms with Gasteiger partial charge in [0.25, 0.3) is 0 Å². The van der Waals surface area contributed by atoms with Gasteiger partial charge in [0.15, 0.2) is 0 Å². The number of carbonyl (C=O) groups excluding carboxylic acids is 2. The third-order valence-electron chi connectivity index (χ3n) is 4.72. The van der Waals surface area contributed by atoms with Crippen molar-refractivity contribution in [2.75, 3.05) is 32.8 Å². The third kappa shape index (κ3) is 5.25. The Kier molecular flexibility index (Phi) is 7.21. The van der Waals surface area contributed by atoms with E-state index in [1.807, 2.05) is 0 Å². The Morgan fingerprint density at radius 2 is 1.90 bits per heavy atom. The van der Waals surface area contributed by atoms with Crippen molar-refractivity contribution in [2.45, 2.75) is 37.6 Å². The first-order valence-electron chi connectivity index (χ1n) is 9.92. The van der Waals surface area contributed by atoms with E-state index in [2.05, 4.69) is 20.9 Å². The van der Waals surface area contributed by atoms with Crippen LogP contribution in [0.4, 0.5) is 4.79 Å². The highest BCUT2D eigenvalue weighted by atomic mass is 32.2. The van der Waals surface area contributed by atoms with Gasteiger partial charge in [0.1, 0.15) is 5.52 Å². The lowest BCUT2D eigenvalue weighted by Crippen LogP contribution is -2.38. The molecule has 1 aliphatic rings. The number of aromatic nitrogens is 3. The molecule has 0 aliphatic carbocycles. The van der Waals surface area contributed by atoms with Gasteiger partial charge in [0.05, 0.1) is 30.0 Å². The van der Waals surface area contributed by atoms with Crippen molar-refractivity contribution >= 4 is 33.1 Å². The van der Waals surface area contributed by atoms with Gasteiger partial charge >= 0.3 is 12.0 Å². The normalized spacial score (nSPS) is 14.7. The molecule has 2 heterocycles. The van der Waals surface area contributed by atoms with Gasteiger partial charge in [0, 0.05) is 26.2 Å². The molecule has 1 saturated heterocycles. The molecule has 30 heavy (non-hydrogen) atoms. The Morgan fingerprint density at radius 1 is 1.17 bits per heavy atom. The monoisotopic (exact) mass is 438 g/mol. The molecule has 0 spiro atoms. The number of benzene rings is 1. The van der Waals surface area contributed by atoms with E-state index >= 15 is 0 Å². The quantitative estimate of drug-likeness (QED) is 0.543. The number of esters is 1. The number of sulfonamides is 1. The van der Waals surface area contributed by atoms with Crippen LogP contribution in [0.5, 0.6) is 0 Å². The van der Waals surface area contributed by atoms with E-state index in [0.717, 1.165) is 12.8 Å². The summed E-state index contributed by atoms with van der Waals surface area (Å²) in [7, 11) is -3.51. The Bertz CT molecular complexity index is 1000. The molecule has 2 amide bonds. The predicted molar refractivity (Wildman–Crippen MR) is 108 cm³/mol. The van der Waals surface area contributed by atoms with Gasteiger partial charge in [-0.25, -0.2) is 17.9 Å². The van der Waals surface area contributed by atoms with Gasteiger partial charge in [-0.3, -0.25) is 4.79 Å². The lowest BCUT2D eigenvalue weighted by Gasteiger charge is -2.15. The fourth-order valence-electron chi connectivity index (χ4n) is 3.20. The van der Waals surface area contributed by atoms with E-state index in [-0.39, 0.29) is 30.4 Å². The molecular weight excluding hydrogens is 412 g/mol. The Morgan fingerprint density at radius 3 is 2.63 bits per heavy atom. The molecule has 1 aliphatic heterocycles. The van der Waals surface area contributed by atoms with Crippen molar-refractivity contribution in [3.8, 4) is 0 Å². The molecule has 1 fully saturated rings. The van der Waals surface area contributed by atoms with Crippen LogP contribution in [0.25, 0.3) is 11.0 Å². The first-order valence-corrected chi connectivity index (χ1v) is 11.4. The molecular formula is C18H26N6O5S. The van der Waals surface area contributed by atoms with Crippen LogP contribution in [-0.4, -0.2) is 72.5 Å². The van der Waals surface area contributed by atoms with Crippen LogP contribution in [0.1, 0.15) is 26.2 Å². The maximum atomic E-state index is 12.7. The van der Waals surface area contributed by atoms with Gasteiger partial charge in [-0.15, -0.1) is 5.10 Å². The van der Waals surface area contributed by atoms with E-state index in [0.29, 0.717) is 37.3 Å². The number of hydrogen-bond donors (Lipinski definition) is 2. The Labute approximate surface area is 174 Å². The SMILES string of the molecule is CCOC(=O)CCNC(=O)NCCn1nnc2cc(S(=O)(=O)N3CCCC3)ccc21. The highest BCUT2D eigenvalue weighted by molar-refractivity contribution is 7.89. The van der Waals surface area contributed by atoms with Crippen molar-refractivity contribution in [2.24, 2.45) is 0 Å². The van der Waals surface area contributed by atoms with Crippen molar-refractivity contribution in [1.29, 1.82) is 0 Å². The van der Waals surface area contributed by atoms with Crippen molar-refractivity contribution < 1.29 is 22.7 Å². The summed E-state index contributed by atoms with van der Waals surface area (Å²) in [4.78, 5) is 23.2. The van der Waals surface area contributed by atoms with Crippen LogP contribution < -0.4 is 10.6 Å². The van der Waals surface area contributed by atoms with Crippen LogP contribution in [-0.2, 0) is 26.1 Å². The summed E-state index contributed by atoms with van der Waals surface area (Å²) < 4.78 is 33.2. The minimum absolute atomic E-state index is 0.109. The molecule has 3 rings (SSSR count). The molecule has 0 atom stereocenters. The van der Waals surface area contributed by atoms with E-state index in [1.165, 1.54) is 10.4 Å². The zero-order valence-corrected chi connectivity index (χ0v) is 17.7. The number of hydrogen-bond acceptors (Lipinski definition) is 7. The summed E-state index contributed by atoms with van der Waals surface area (Å²) in [5.74, 6) is -0.363. The fraction of sp³-hybridized carbons (Fsp3) is 0.556. The molecule has 11 nitrogen and oxygen atoms in total. The molecule has 2 aromatic rings. The molecule has 164 valence electrons. The third-order valence-corrected chi connectivity index (χ3v) is 6.61. The van der Waals surface area contributed by atoms with Crippen molar-refractivity contribution in [1.82, 2.24) is 29.9 Å². The molecule has 0 radical (unpaired) electrons. The summed E-state index contributed by atoms with van der Waals surface area (Å²) in [6.07, 6.45) is 1.86. The number of carbonyl (C=O) groups is 2. The average molecular weight is 439 g/mol. The number of amides is 2. The van der Waals surface area contributed by atoms with E-state index < -0.39 is 16.1 Å². The fourth-order valence-corrected chi connectivity index (χ4v) is 4.74. The van der Waals surface area contributed by atoms with Crippen LogP contribution in [0.3, 0.4) is 0 Å². The van der Waals surface area contributed by atoms with Gasteiger partial charge in [-0.05, 0) is 38.0 Å². The Balaban J connectivity index is 1.52. The molecule has 12 heteroatoms. The number of nitrogens with one attached hydrogen (secondary N) is 2. The minimum Gasteiger partial charge on any atom is -0.466 e. The minimum atomic E-state index is -3.51. The van der Waals surface area contributed by atoms with Crippen LogP contribution in [0.2, 0.25) is 0 Å². The summed E-state index contributed by atoms with van der Waals surface area (Å²) in [5.41, 5.74) is 1.16. The molecule has 0 bridgehead atoms.